The van der Waals surface area contributed by atoms with Crippen molar-refractivity contribution >= 4 is 27.9 Å². The van der Waals surface area contributed by atoms with Crippen LogP contribution in [0, 0.1) is 17.8 Å². The lowest BCUT2D eigenvalue weighted by Gasteiger charge is -2.28. The van der Waals surface area contributed by atoms with E-state index in [2.05, 4.69) is 5.43 Å². The topological polar surface area (TPSA) is 116 Å². The van der Waals surface area contributed by atoms with Crippen LogP contribution in [0.2, 0.25) is 0 Å². The van der Waals surface area contributed by atoms with Gasteiger partial charge in [0.15, 0.2) is 0 Å². The fourth-order valence-corrected chi connectivity index (χ4v) is 3.94. The van der Waals surface area contributed by atoms with E-state index < -0.39 is 33.7 Å². The molecule has 0 aliphatic carbocycles. The van der Waals surface area contributed by atoms with Gasteiger partial charge in [-0.05, 0) is 30.7 Å². The molecular formula is C22H35N3O5S. The molecule has 8 nitrogen and oxygen atoms in total. The van der Waals surface area contributed by atoms with Gasteiger partial charge >= 0.3 is 0 Å². The van der Waals surface area contributed by atoms with E-state index in [0.717, 1.165) is 22.7 Å². The summed E-state index contributed by atoms with van der Waals surface area (Å²) < 4.78 is 25.1. The molecule has 2 amide bonds. The number of rotatable bonds is 13. The molecule has 0 radical (unpaired) electrons. The number of nitrogens with zero attached hydrogens (tertiary/aromatic N) is 1. The molecule has 0 aromatic heterocycles. The third-order valence-corrected chi connectivity index (χ3v) is 5.92. The first-order valence-corrected chi connectivity index (χ1v) is 12.4. The van der Waals surface area contributed by atoms with E-state index in [1.807, 2.05) is 57.2 Å². The Morgan fingerprint density at radius 2 is 1.77 bits per heavy atom. The van der Waals surface area contributed by atoms with Crippen molar-refractivity contribution in [2.45, 2.75) is 46.5 Å². The van der Waals surface area contributed by atoms with Crippen LogP contribution in [0.15, 0.2) is 36.4 Å². The maximum absolute atomic E-state index is 13.1. The van der Waals surface area contributed by atoms with E-state index in [-0.39, 0.29) is 18.9 Å². The maximum Gasteiger partial charge on any atom is 0.247 e. The van der Waals surface area contributed by atoms with Crippen LogP contribution in [-0.4, -0.2) is 42.7 Å². The minimum Gasteiger partial charge on any atom is -0.289 e. The Morgan fingerprint density at radius 3 is 2.29 bits per heavy atom. The number of amides is 2. The van der Waals surface area contributed by atoms with Gasteiger partial charge in [0, 0.05) is 6.54 Å². The van der Waals surface area contributed by atoms with Crippen molar-refractivity contribution in [1.29, 1.82) is 0 Å². The number of hydroxylamine groups is 1. The minimum atomic E-state index is -3.66. The summed E-state index contributed by atoms with van der Waals surface area (Å²) in [4.78, 5) is 25.5. The first-order chi connectivity index (χ1) is 14.6. The Labute approximate surface area is 185 Å². The Morgan fingerprint density at radius 1 is 1.13 bits per heavy atom. The largest absolute Gasteiger partial charge is 0.289 e. The highest BCUT2D eigenvalue weighted by Crippen LogP contribution is 2.25. The van der Waals surface area contributed by atoms with Crippen LogP contribution >= 0.6 is 0 Å². The quantitative estimate of drug-likeness (QED) is 0.314. The summed E-state index contributed by atoms with van der Waals surface area (Å²) in [5, 5.41) is 9.25. The summed E-state index contributed by atoms with van der Waals surface area (Å²) in [7, 11) is -3.66. The van der Waals surface area contributed by atoms with Crippen LogP contribution in [0.1, 0.15) is 52.0 Å². The number of allylic oxidation sites excluding steroid dienone is 1. The second kappa shape index (κ2) is 13.2. The summed E-state index contributed by atoms with van der Waals surface area (Å²) in [5.74, 6) is -2.85. The van der Waals surface area contributed by atoms with Crippen molar-refractivity contribution in [2.75, 3.05) is 12.8 Å². The van der Waals surface area contributed by atoms with Gasteiger partial charge in [-0.1, -0.05) is 69.7 Å². The SMILES string of the molecule is CCCCN(NC(=O)[C@H](CC(C)C)[C@H](CC=Cc1ccccc1)C(=O)NO)S(C)(=O)=O. The molecule has 31 heavy (non-hydrogen) atoms. The Kier molecular flexibility index (Phi) is 11.4. The number of nitrogens with one attached hydrogen (secondary N) is 2. The number of hydrazine groups is 1. The molecule has 3 N–H and O–H groups in total. The van der Waals surface area contributed by atoms with Gasteiger partial charge in [-0.15, -0.1) is 4.41 Å². The van der Waals surface area contributed by atoms with Gasteiger partial charge in [0.2, 0.25) is 21.8 Å². The number of hydrogen-bond acceptors (Lipinski definition) is 5. The zero-order chi connectivity index (χ0) is 23.4. The predicted octanol–water partition coefficient (Wildman–Crippen LogP) is 2.97. The van der Waals surface area contributed by atoms with Crippen LogP contribution < -0.4 is 10.9 Å². The van der Waals surface area contributed by atoms with Crippen molar-refractivity contribution in [3.8, 4) is 0 Å². The fourth-order valence-electron chi connectivity index (χ4n) is 3.23. The highest BCUT2D eigenvalue weighted by atomic mass is 32.2. The molecule has 0 aliphatic rings. The normalized spacial score (nSPS) is 14.0. The molecule has 0 saturated carbocycles. The summed E-state index contributed by atoms with van der Waals surface area (Å²) in [6, 6.07) is 9.50. The second-order valence-corrected chi connectivity index (χ2v) is 9.94. The standard InChI is InChI=1S/C22H35N3O5S/c1-5-6-15-25(31(4,29)30)23-21(26)20(16-17(2)3)19(22(27)24-28)14-10-13-18-11-8-7-9-12-18/h7-13,17,19-20,28H,5-6,14-16H2,1-4H3,(H,23,26)(H,24,27)/t19-,20+/m0/s1. The van der Waals surface area contributed by atoms with Gasteiger partial charge in [0.1, 0.15) is 0 Å². The van der Waals surface area contributed by atoms with Crippen molar-refractivity contribution in [1.82, 2.24) is 15.3 Å². The van der Waals surface area contributed by atoms with Gasteiger partial charge in [-0.25, -0.2) is 13.9 Å². The van der Waals surface area contributed by atoms with Crippen LogP contribution in [0.3, 0.4) is 0 Å². The minimum absolute atomic E-state index is 0.0742. The van der Waals surface area contributed by atoms with Gasteiger partial charge in [-0.2, -0.15) is 0 Å². The lowest BCUT2D eigenvalue weighted by atomic mass is 9.82. The molecule has 174 valence electrons. The van der Waals surface area contributed by atoms with E-state index in [1.165, 1.54) is 0 Å². The molecule has 0 fully saturated rings. The zero-order valence-electron chi connectivity index (χ0n) is 18.7. The lowest BCUT2D eigenvalue weighted by Crippen LogP contribution is -2.51. The maximum atomic E-state index is 13.1. The lowest BCUT2D eigenvalue weighted by molar-refractivity contribution is -0.141. The number of benzene rings is 1. The second-order valence-electron chi connectivity index (χ2n) is 8.03. The van der Waals surface area contributed by atoms with Crippen LogP contribution in [0.25, 0.3) is 6.08 Å². The van der Waals surface area contributed by atoms with Crippen molar-refractivity contribution in [3.05, 3.63) is 42.0 Å². The number of hydrogen-bond donors (Lipinski definition) is 3. The average Bonchev–Trinajstić information content (AvgIpc) is 2.72. The molecule has 0 bridgehead atoms. The Bertz CT molecular complexity index is 825. The Balaban J connectivity index is 3.11. The molecule has 1 aromatic rings. The molecule has 2 atom stereocenters. The number of unbranched alkanes of at least 4 members (excludes halogenated alkanes) is 1. The summed E-state index contributed by atoms with van der Waals surface area (Å²) in [5.41, 5.74) is 5.08. The van der Waals surface area contributed by atoms with Crippen LogP contribution in [0.5, 0.6) is 0 Å². The molecule has 0 spiro atoms. The molecule has 0 unspecified atom stereocenters. The van der Waals surface area contributed by atoms with Crippen LogP contribution in [0.4, 0.5) is 0 Å². The van der Waals surface area contributed by atoms with Gasteiger partial charge in [-0.3, -0.25) is 20.2 Å². The number of carbonyl (C=O) groups excluding carboxylic acids is 2. The molecule has 1 aromatic carbocycles. The molecule has 0 saturated heterocycles. The monoisotopic (exact) mass is 453 g/mol. The third kappa shape index (κ3) is 9.63. The van der Waals surface area contributed by atoms with E-state index >= 15 is 0 Å². The first kappa shape index (κ1) is 26.8. The molecule has 9 heteroatoms. The van der Waals surface area contributed by atoms with E-state index in [9.17, 15) is 23.2 Å². The fraction of sp³-hybridized carbons (Fsp3) is 0.545. The van der Waals surface area contributed by atoms with Crippen molar-refractivity contribution < 1.29 is 23.2 Å². The predicted molar refractivity (Wildman–Crippen MR) is 121 cm³/mol. The summed E-state index contributed by atoms with van der Waals surface area (Å²) >= 11 is 0. The molecular weight excluding hydrogens is 418 g/mol. The van der Waals surface area contributed by atoms with E-state index in [0.29, 0.717) is 12.8 Å². The van der Waals surface area contributed by atoms with E-state index in [4.69, 9.17) is 0 Å². The molecule has 1 rings (SSSR count). The number of carbonyl (C=O) groups is 2. The molecule has 0 aliphatic heterocycles. The van der Waals surface area contributed by atoms with Crippen molar-refractivity contribution in [2.24, 2.45) is 17.8 Å². The number of sulfonamides is 1. The highest BCUT2D eigenvalue weighted by Gasteiger charge is 2.35. The summed E-state index contributed by atoms with van der Waals surface area (Å²) in [6.07, 6.45) is 6.56. The van der Waals surface area contributed by atoms with Gasteiger partial charge in [0.05, 0.1) is 18.1 Å². The van der Waals surface area contributed by atoms with Crippen molar-refractivity contribution in [3.63, 3.8) is 0 Å². The Hall–Kier alpha value is -2.23. The highest BCUT2D eigenvalue weighted by molar-refractivity contribution is 7.88. The molecule has 0 heterocycles. The van der Waals surface area contributed by atoms with Gasteiger partial charge in [0.25, 0.3) is 0 Å². The van der Waals surface area contributed by atoms with E-state index in [1.54, 1.807) is 11.6 Å². The van der Waals surface area contributed by atoms with Gasteiger partial charge < -0.3 is 0 Å². The van der Waals surface area contributed by atoms with Crippen LogP contribution in [-0.2, 0) is 19.6 Å². The smallest absolute Gasteiger partial charge is 0.247 e. The summed E-state index contributed by atoms with van der Waals surface area (Å²) in [6.45, 7) is 5.91. The third-order valence-electron chi connectivity index (χ3n) is 4.84. The first-order valence-electron chi connectivity index (χ1n) is 10.5. The average molecular weight is 454 g/mol. The zero-order valence-corrected chi connectivity index (χ0v) is 19.6.